The van der Waals surface area contributed by atoms with Gasteiger partial charge in [-0.3, -0.25) is 4.79 Å². The molecule has 6 heteroatoms. The molecule has 5 nitrogen and oxygen atoms in total. The summed E-state index contributed by atoms with van der Waals surface area (Å²) < 4.78 is 5.27. The van der Waals surface area contributed by atoms with Crippen molar-refractivity contribution >= 4 is 34.6 Å². The monoisotopic (exact) mass is 403 g/mol. The minimum absolute atomic E-state index is 0.303. The van der Waals surface area contributed by atoms with Crippen molar-refractivity contribution in [2.45, 2.75) is 6.92 Å². The first-order chi connectivity index (χ1) is 14.1. The highest BCUT2D eigenvalue weighted by Crippen LogP contribution is 2.31. The first kappa shape index (κ1) is 18.8. The van der Waals surface area contributed by atoms with Crippen LogP contribution in [0.1, 0.15) is 16.1 Å². The summed E-state index contributed by atoms with van der Waals surface area (Å²) in [5, 5.41) is 10.7. The molecular formula is C23H18ClN3O2. The number of halogens is 1. The van der Waals surface area contributed by atoms with Crippen LogP contribution in [-0.2, 0) is 0 Å². The molecule has 1 aromatic heterocycles. The van der Waals surface area contributed by atoms with E-state index in [-0.39, 0.29) is 5.91 Å². The molecule has 0 bridgehead atoms. The Hall–Kier alpha value is -3.57. The lowest BCUT2D eigenvalue weighted by molar-refractivity contribution is 0.102. The topological polar surface area (TPSA) is 67.2 Å². The molecular weight excluding hydrogens is 386 g/mol. The molecule has 4 aromatic rings. The van der Waals surface area contributed by atoms with Gasteiger partial charge in [0.15, 0.2) is 0 Å². The minimum atomic E-state index is -0.303. The molecule has 1 amide bonds. The highest BCUT2D eigenvalue weighted by molar-refractivity contribution is 6.33. The van der Waals surface area contributed by atoms with Gasteiger partial charge in [0.1, 0.15) is 17.0 Å². The molecule has 4 rings (SSSR count). The second-order valence-corrected chi connectivity index (χ2v) is 6.87. The van der Waals surface area contributed by atoms with Crippen molar-refractivity contribution in [1.29, 1.82) is 0 Å². The Labute approximate surface area is 173 Å². The number of nitrogens with one attached hydrogen (secondary N) is 2. The number of carbonyl (C=O) groups is 1. The van der Waals surface area contributed by atoms with Crippen LogP contribution < -0.4 is 10.6 Å². The fraction of sp³-hybridized carbons (Fsp3) is 0.0435. The van der Waals surface area contributed by atoms with E-state index in [2.05, 4.69) is 15.8 Å². The van der Waals surface area contributed by atoms with Crippen LogP contribution in [0.2, 0.25) is 5.02 Å². The van der Waals surface area contributed by atoms with Crippen molar-refractivity contribution in [1.82, 2.24) is 5.16 Å². The lowest BCUT2D eigenvalue weighted by Gasteiger charge is -2.09. The van der Waals surface area contributed by atoms with Gasteiger partial charge in [0, 0.05) is 22.6 Å². The summed E-state index contributed by atoms with van der Waals surface area (Å²) >= 11 is 6.27. The van der Waals surface area contributed by atoms with E-state index in [1.54, 1.807) is 19.1 Å². The number of anilines is 3. The van der Waals surface area contributed by atoms with Gasteiger partial charge in [-0.15, -0.1) is 0 Å². The number of benzene rings is 3. The molecule has 3 aromatic carbocycles. The Morgan fingerprint density at radius 1 is 0.862 bits per heavy atom. The van der Waals surface area contributed by atoms with Gasteiger partial charge in [0.2, 0.25) is 0 Å². The molecule has 0 radical (unpaired) electrons. The quantitative estimate of drug-likeness (QED) is 0.410. The van der Waals surface area contributed by atoms with Gasteiger partial charge in [0.25, 0.3) is 5.91 Å². The summed E-state index contributed by atoms with van der Waals surface area (Å²) in [6.45, 7) is 1.70. The van der Waals surface area contributed by atoms with Gasteiger partial charge in [-0.25, -0.2) is 0 Å². The third-order valence-electron chi connectivity index (χ3n) is 4.42. The summed E-state index contributed by atoms with van der Waals surface area (Å²) in [4.78, 5) is 12.9. The van der Waals surface area contributed by atoms with E-state index in [9.17, 15) is 4.79 Å². The second kappa shape index (κ2) is 8.20. The molecule has 1 heterocycles. The first-order valence-corrected chi connectivity index (χ1v) is 9.44. The number of aromatic nitrogens is 1. The predicted octanol–water partition coefficient (Wildman–Crippen LogP) is 6.30. The number of carbonyl (C=O) groups excluding carboxylic acids is 1. The Morgan fingerprint density at radius 2 is 1.48 bits per heavy atom. The third kappa shape index (κ3) is 4.15. The zero-order valence-corrected chi connectivity index (χ0v) is 16.4. The van der Waals surface area contributed by atoms with Crippen molar-refractivity contribution < 1.29 is 9.32 Å². The molecule has 0 aliphatic heterocycles. The SMILES string of the molecule is Cc1onc(-c2ccccc2Cl)c1C(=O)Nc1ccc(Nc2ccccc2)cc1. The number of aryl methyl sites for hydroxylation is 1. The molecule has 0 saturated carbocycles. The van der Waals surface area contributed by atoms with Crippen molar-refractivity contribution in [3.8, 4) is 11.3 Å². The van der Waals surface area contributed by atoms with Gasteiger partial charge in [0.05, 0.1) is 5.02 Å². The Morgan fingerprint density at radius 3 is 2.21 bits per heavy atom. The molecule has 0 atom stereocenters. The lowest BCUT2D eigenvalue weighted by atomic mass is 10.1. The minimum Gasteiger partial charge on any atom is -0.360 e. The van der Waals surface area contributed by atoms with Crippen LogP contribution in [0.4, 0.5) is 17.1 Å². The van der Waals surface area contributed by atoms with Gasteiger partial charge < -0.3 is 15.2 Å². The van der Waals surface area contributed by atoms with Crippen LogP contribution in [0.3, 0.4) is 0 Å². The number of hydrogen-bond acceptors (Lipinski definition) is 4. The maximum Gasteiger partial charge on any atom is 0.261 e. The summed E-state index contributed by atoms with van der Waals surface area (Å²) in [6, 6.07) is 24.6. The molecule has 0 aliphatic rings. The van der Waals surface area contributed by atoms with Crippen LogP contribution in [0.15, 0.2) is 83.4 Å². The van der Waals surface area contributed by atoms with Crippen LogP contribution in [0.25, 0.3) is 11.3 Å². The Balaban J connectivity index is 1.53. The molecule has 0 unspecified atom stereocenters. The van der Waals surface area contributed by atoms with E-state index in [1.807, 2.05) is 66.7 Å². The van der Waals surface area contributed by atoms with Crippen molar-refractivity contribution in [3.63, 3.8) is 0 Å². The van der Waals surface area contributed by atoms with Gasteiger partial charge in [-0.2, -0.15) is 0 Å². The predicted molar refractivity (Wildman–Crippen MR) is 116 cm³/mol. The average Bonchev–Trinajstić information content (AvgIpc) is 3.12. The third-order valence-corrected chi connectivity index (χ3v) is 4.75. The fourth-order valence-corrected chi connectivity index (χ4v) is 3.22. The van der Waals surface area contributed by atoms with Gasteiger partial charge >= 0.3 is 0 Å². The van der Waals surface area contributed by atoms with Crippen molar-refractivity contribution in [2.24, 2.45) is 0 Å². The van der Waals surface area contributed by atoms with E-state index >= 15 is 0 Å². The van der Waals surface area contributed by atoms with Crippen LogP contribution in [-0.4, -0.2) is 11.1 Å². The van der Waals surface area contributed by atoms with Crippen molar-refractivity contribution in [2.75, 3.05) is 10.6 Å². The normalized spacial score (nSPS) is 10.6. The highest BCUT2D eigenvalue weighted by Gasteiger charge is 2.23. The molecule has 0 aliphatic carbocycles. The summed E-state index contributed by atoms with van der Waals surface area (Å²) in [7, 11) is 0. The highest BCUT2D eigenvalue weighted by atomic mass is 35.5. The Kier molecular flexibility index (Phi) is 5.31. The second-order valence-electron chi connectivity index (χ2n) is 6.46. The van der Waals surface area contributed by atoms with Crippen LogP contribution in [0, 0.1) is 6.92 Å². The molecule has 0 fully saturated rings. The first-order valence-electron chi connectivity index (χ1n) is 9.06. The summed E-state index contributed by atoms with van der Waals surface area (Å²) in [5.41, 5.74) is 4.02. The molecule has 144 valence electrons. The number of rotatable bonds is 5. The number of para-hydroxylation sites is 1. The smallest absolute Gasteiger partial charge is 0.261 e. The number of hydrogen-bond donors (Lipinski definition) is 2. The standard InChI is InChI=1S/C23H18ClN3O2/c1-15-21(22(27-29-15)19-9-5-6-10-20(19)24)23(28)26-18-13-11-17(12-14-18)25-16-7-3-2-4-8-16/h2-14,25H,1H3,(H,26,28). The fourth-order valence-electron chi connectivity index (χ4n) is 3.00. The van der Waals surface area contributed by atoms with E-state index in [1.165, 1.54) is 0 Å². The van der Waals surface area contributed by atoms with Crippen molar-refractivity contribution in [3.05, 3.63) is 95.2 Å². The van der Waals surface area contributed by atoms with E-state index in [0.717, 1.165) is 11.4 Å². The average molecular weight is 404 g/mol. The van der Waals surface area contributed by atoms with E-state index < -0.39 is 0 Å². The van der Waals surface area contributed by atoms with E-state index in [0.29, 0.717) is 33.3 Å². The van der Waals surface area contributed by atoms with Gasteiger partial charge in [-0.05, 0) is 49.4 Å². The maximum absolute atomic E-state index is 12.9. The van der Waals surface area contributed by atoms with Gasteiger partial charge in [-0.1, -0.05) is 53.2 Å². The maximum atomic E-state index is 12.9. The lowest BCUT2D eigenvalue weighted by Crippen LogP contribution is -2.13. The van der Waals surface area contributed by atoms with Crippen LogP contribution >= 0.6 is 11.6 Å². The number of nitrogens with zero attached hydrogens (tertiary/aromatic N) is 1. The molecule has 2 N–H and O–H groups in total. The summed E-state index contributed by atoms with van der Waals surface area (Å²) in [5.74, 6) is 0.127. The number of amides is 1. The zero-order chi connectivity index (χ0) is 20.2. The zero-order valence-electron chi connectivity index (χ0n) is 15.6. The Bertz CT molecular complexity index is 1140. The summed E-state index contributed by atoms with van der Waals surface area (Å²) in [6.07, 6.45) is 0. The molecule has 29 heavy (non-hydrogen) atoms. The van der Waals surface area contributed by atoms with E-state index in [4.69, 9.17) is 16.1 Å². The molecule has 0 spiro atoms. The largest absolute Gasteiger partial charge is 0.360 e. The molecule has 0 saturated heterocycles. The van der Waals surface area contributed by atoms with Crippen LogP contribution in [0.5, 0.6) is 0 Å².